The molecule has 3 heterocycles. The van der Waals surface area contributed by atoms with Gasteiger partial charge in [-0.3, -0.25) is 9.78 Å². The van der Waals surface area contributed by atoms with Crippen molar-refractivity contribution >= 4 is 23.6 Å². The van der Waals surface area contributed by atoms with Gasteiger partial charge < -0.3 is 14.7 Å². The van der Waals surface area contributed by atoms with Crippen molar-refractivity contribution in [3.8, 4) is 0 Å². The Labute approximate surface area is 185 Å². The molecule has 4 rings (SSSR count). The van der Waals surface area contributed by atoms with Gasteiger partial charge in [-0.1, -0.05) is 12.1 Å². The molecule has 2 aromatic rings. The van der Waals surface area contributed by atoms with E-state index in [2.05, 4.69) is 4.98 Å². The Morgan fingerprint density at radius 2 is 1.94 bits per heavy atom. The zero-order valence-corrected chi connectivity index (χ0v) is 17.5. The summed E-state index contributed by atoms with van der Waals surface area (Å²) in [5, 5.41) is 7.12. The van der Waals surface area contributed by atoms with Crippen LogP contribution in [0.1, 0.15) is 22.5 Å². The molecule has 0 radical (unpaired) electrons. The number of rotatable bonds is 4. The summed E-state index contributed by atoms with van der Waals surface area (Å²) in [6.07, 6.45) is -2.18. The second kappa shape index (κ2) is 9.86. The van der Waals surface area contributed by atoms with Crippen LogP contribution in [-0.4, -0.2) is 62.7 Å². The van der Waals surface area contributed by atoms with Crippen LogP contribution >= 0.6 is 11.8 Å². The summed E-state index contributed by atoms with van der Waals surface area (Å²) in [5.74, 6) is -2.29. The first kappa shape index (κ1) is 24.0. The standard InChI is InChI=1S/C19H19FN2O2S.C2HF3O2/c20-15-5-3-4-14(8-15)18(23)22-12-19(13-22)9-17(11-25-19)24-10-16-6-1-2-7-21-16;3-2(4,5)1(6)7/h1-8,17H,9-13H2;(H,6,7). The maximum Gasteiger partial charge on any atom is 0.490 e. The molecule has 1 spiro atoms. The van der Waals surface area contributed by atoms with Crippen molar-refractivity contribution < 1.29 is 37.0 Å². The first-order valence-corrected chi connectivity index (χ1v) is 10.6. The van der Waals surface area contributed by atoms with Crippen LogP contribution < -0.4 is 0 Å². The first-order chi connectivity index (χ1) is 15.1. The first-order valence-electron chi connectivity index (χ1n) is 9.58. The third-order valence-corrected chi connectivity index (χ3v) is 6.50. The number of thioether (sulfide) groups is 1. The number of halogens is 4. The summed E-state index contributed by atoms with van der Waals surface area (Å²) in [6.45, 7) is 1.93. The van der Waals surface area contributed by atoms with Crippen molar-refractivity contribution in [1.82, 2.24) is 9.88 Å². The molecule has 1 N–H and O–H groups in total. The number of nitrogens with zero attached hydrogens (tertiary/aromatic N) is 2. The van der Waals surface area contributed by atoms with Crippen molar-refractivity contribution in [3.05, 3.63) is 65.7 Å². The van der Waals surface area contributed by atoms with E-state index in [0.29, 0.717) is 25.3 Å². The molecule has 2 aliphatic heterocycles. The van der Waals surface area contributed by atoms with Crippen LogP contribution in [0, 0.1) is 5.82 Å². The van der Waals surface area contributed by atoms with Crippen LogP contribution in [0.2, 0.25) is 0 Å². The number of alkyl halides is 3. The number of hydrogen-bond donors (Lipinski definition) is 1. The summed E-state index contributed by atoms with van der Waals surface area (Å²) in [7, 11) is 0. The van der Waals surface area contributed by atoms with E-state index in [4.69, 9.17) is 14.6 Å². The maximum absolute atomic E-state index is 13.3. The van der Waals surface area contributed by atoms with Gasteiger partial charge in [0.05, 0.1) is 23.2 Å². The summed E-state index contributed by atoms with van der Waals surface area (Å²) in [5.41, 5.74) is 1.35. The minimum absolute atomic E-state index is 0.0939. The average molecular weight is 472 g/mol. The van der Waals surface area contributed by atoms with Crippen molar-refractivity contribution in [1.29, 1.82) is 0 Å². The number of carboxylic acid groups (broad SMARTS) is 1. The highest BCUT2D eigenvalue weighted by molar-refractivity contribution is 8.01. The zero-order valence-electron chi connectivity index (χ0n) is 16.7. The van der Waals surface area contributed by atoms with Gasteiger partial charge in [-0.2, -0.15) is 13.2 Å². The third kappa shape index (κ3) is 6.19. The van der Waals surface area contributed by atoms with Crippen LogP contribution in [0.4, 0.5) is 17.6 Å². The number of hydrogen-bond acceptors (Lipinski definition) is 5. The van der Waals surface area contributed by atoms with Crippen LogP contribution in [0.25, 0.3) is 0 Å². The monoisotopic (exact) mass is 472 g/mol. The van der Waals surface area contributed by atoms with E-state index >= 15 is 0 Å². The second-order valence-corrected chi connectivity index (χ2v) is 8.91. The van der Waals surface area contributed by atoms with Gasteiger partial charge in [-0.25, -0.2) is 9.18 Å². The molecule has 2 saturated heterocycles. The second-order valence-electron chi connectivity index (χ2n) is 7.43. The summed E-state index contributed by atoms with van der Waals surface area (Å²) in [6, 6.07) is 11.7. The van der Waals surface area contributed by atoms with Gasteiger partial charge in [-0.15, -0.1) is 11.8 Å². The highest BCUT2D eigenvalue weighted by Gasteiger charge is 2.51. The SMILES string of the molecule is O=C(O)C(F)(F)F.O=C(c1cccc(F)c1)N1CC2(CC(OCc3ccccn3)CS2)C1. The summed E-state index contributed by atoms with van der Waals surface area (Å²) < 4.78 is 51.1. The lowest BCUT2D eigenvalue weighted by Crippen LogP contribution is -2.60. The van der Waals surface area contributed by atoms with E-state index in [1.807, 2.05) is 30.0 Å². The van der Waals surface area contributed by atoms with Gasteiger partial charge in [0.25, 0.3) is 5.91 Å². The third-order valence-electron chi connectivity index (χ3n) is 4.93. The molecular weight excluding hydrogens is 452 g/mol. The lowest BCUT2D eigenvalue weighted by Gasteiger charge is -2.47. The van der Waals surface area contributed by atoms with Gasteiger partial charge in [0, 0.05) is 30.6 Å². The Morgan fingerprint density at radius 3 is 2.53 bits per heavy atom. The molecule has 1 amide bonds. The van der Waals surface area contributed by atoms with Crippen molar-refractivity contribution in [2.45, 2.75) is 30.1 Å². The molecule has 0 aliphatic carbocycles. The number of carboxylic acids is 1. The van der Waals surface area contributed by atoms with E-state index < -0.39 is 12.1 Å². The minimum atomic E-state index is -5.08. The molecule has 0 saturated carbocycles. The zero-order chi connectivity index (χ0) is 23.4. The number of ether oxygens (including phenoxy) is 1. The Hall–Kier alpha value is -2.66. The Balaban J connectivity index is 0.000000360. The molecule has 32 heavy (non-hydrogen) atoms. The number of benzene rings is 1. The molecule has 1 atom stereocenters. The molecule has 2 aliphatic rings. The largest absolute Gasteiger partial charge is 0.490 e. The number of pyridine rings is 1. The quantitative estimate of drug-likeness (QED) is 0.683. The summed E-state index contributed by atoms with van der Waals surface area (Å²) in [4.78, 5) is 27.4. The Morgan fingerprint density at radius 1 is 1.22 bits per heavy atom. The lowest BCUT2D eigenvalue weighted by atomic mass is 9.92. The Bertz CT molecular complexity index is 952. The van der Waals surface area contributed by atoms with Gasteiger partial charge >= 0.3 is 12.1 Å². The maximum atomic E-state index is 13.3. The number of aliphatic carboxylic acids is 1. The Kier molecular flexibility index (Phi) is 7.40. The number of likely N-dealkylation sites (tertiary alicyclic amines) is 1. The van der Waals surface area contributed by atoms with Gasteiger partial charge in [0.15, 0.2) is 0 Å². The number of carbonyl (C=O) groups excluding carboxylic acids is 1. The van der Waals surface area contributed by atoms with Gasteiger partial charge in [0.1, 0.15) is 5.82 Å². The minimum Gasteiger partial charge on any atom is -0.475 e. The van der Waals surface area contributed by atoms with Gasteiger partial charge in [0.2, 0.25) is 0 Å². The highest BCUT2D eigenvalue weighted by Crippen LogP contribution is 2.46. The average Bonchev–Trinajstić information content (AvgIpc) is 3.16. The van der Waals surface area contributed by atoms with E-state index in [1.54, 1.807) is 23.2 Å². The lowest BCUT2D eigenvalue weighted by molar-refractivity contribution is -0.192. The molecule has 1 aromatic heterocycles. The van der Waals surface area contributed by atoms with Crippen LogP contribution in [0.5, 0.6) is 0 Å². The molecular formula is C21H20F4N2O4S. The van der Waals surface area contributed by atoms with Gasteiger partial charge in [-0.05, 0) is 36.8 Å². The van der Waals surface area contributed by atoms with E-state index in [9.17, 15) is 22.4 Å². The number of carbonyl (C=O) groups is 2. The van der Waals surface area contributed by atoms with Crippen LogP contribution in [0.3, 0.4) is 0 Å². The highest BCUT2D eigenvalue weighted by atomic mass is 32.2. The topological polar surface area (TPSA) is 79.7 Å². The number of aromatic nitrogens is 1. The fraction of sp³-hybridized carbons (Fsp3) is 0.381. The fourth-order valence-electron chi connectivity index (χ4n) is 3.41. The number of amides is 1. The predicted molar refractivity (Wildman–Crippen MR) is 109 cm³/mol. The van der Waals surface area contributed by atoms with E-state index in [1.165, 1.54) is 12.1 Å². The van der Waals surface area contributed by atoms with Crippen molar-refractivity contribution in [2.24, 2.45) is 0 Å². The van der Waals surface area contributed by atoms with E-state index in [-0.39, 0.29) is 22.6 Å². The van der Waals surface area contributed by atoms with Crippen molar-refractivity contribution in [2.75, 3.05) is 18.8 Å². The van der Waals surface area contributed by atoms with E-state index in [0.717, 1.165) is 17.9 Å². The molecule has 172 valence electrons. The summed E-state index contributed by atoms with van der Waals surface area (Å²) >= 11 is 1.88. The molecule has 2 fully saturated rings. The molecule has 1 unspecified atom stereocenters. The smallest absolute Gasteiger partial charge is 0.475 e. The molecule has 1 aromatic carbocycles. The van der Waals surface area contributed by atoms with Crippen LogP contribution in [-0.2, 0) is 16.1 Å². The normalized spacial score (nSPS) is 19.1. The molecule has 6 nitrogen and oxygen atoms in total. The predicted octanol–water partition coefficient (Wildman–Crippen LogP) is 3.77. The van der Waals surface area contributed by atoms with Crippen molar-refractivity contribution in [3.63, 3.8) is 0 Å². The molecule has 0 bridgehead atoms. The fourth-order valence-corrected chi connectivity index (χ4v) is 4.97. The molecule has 11 heteroatoms. The van der Waals surface area contributed by atoms with Crippen LogP contribution in [0.15, 0.2) is 48.7 Å².